The zero-order valence-electron chi connectivity index (χ0n) is 13.2. The van der Waals surface area contributed by atoms with Crippen molar-refractivity contribution in [2.75, 3.05) is 11.9 Å². The quantitative estimate of drug-likeness (QED) is 0.747. The zero-order chi connectivity index (χ0) is 16.9. The molecule has 0 bridgehead atoms. The Balaban J connectivity index is 1.76. The molecule has 0 saturated heterocycles. The number of amides is 1. The van der Waals surface area contributed by atoms with Gasteiger partial charge < -0.3 is 10.1 Å². The molecule has 0 atom stereocenters. The first-order valence-corrected chi connectivity index (χ1v) is 8.51. The second-order valence-corrected chi connectivity index (χ2v) is 6.10. The van der Waals surface area contributed by atoms with Crippen LogP contribution in [-0.4, -0.2) is 22.1 Å². The van der Waals surface area contributed by atoms with Crippen molar-refractivity contribution in [1.82, 2.24) is 9.55 Å². The van der Waals surface area contributed by atoms with Gasteiger partial charge in [0.15, 0.2) is 0 Å². The molecule has 0 aliphatic carbocycles. The third-order valence-corrected chi connectivity index (χ3v) is 4.21. The first-order chi connectivity index (χ1) is 11.7. The molecule has 7 heteroatoms. The molecule has 0 unspecified atom stereocenters. The number of nitrogens with zero attached hydrogens (tertiary/aromatic N) is 2. The summed E-state index contributed by atoms with van der Waals surface area (Å²) in [4.78, 5) is 29.5. The predicted octanol–water partition coefficient (Wildman–Crippen LogP) is 2.89. The fourth-order valence-electron chi connectivity index (χ4n) is 2.26. The summed E-state index contributed by atoms with van der Waals surface area (Å²) in [6.45, 7) is 2.49. The van der Waals surface area contributed by atoms with Gasteiger partial charge in [-0.05, 0) is 30.0 Å². The van der Waals surface area contributed by atoms with E-state index in [4.69, 9.17) is 4.74 Å². The average Bonchev–Trinajstić information content (AvgIpc) is 3.06. The molecule has 0 radical (unpaired) electrons. The summed E-state index contributed by atoms with van der Waals surface area (Å²) >= 11 is 1.40. The van der Waals surface area contributed by atoms with Crippen LogP contribution in [0.2, 0.25) is 0 Å². The Morgan fingerprint density at radius 3 is 3.00 bits per heavy atom. The van der Waals surface area contributed by atoms with Gasteiger partial charge in [-0.3, -0.25) is 14.2 Å². The highest BCUT2D eigenvalue weighted by atomic mass is 32.1. The Kier molecular flexibility index (Phi) is 4.90. The molecule has 24 heavy (non-hydrogen) atoms. The molecule has 1 N–H and O–H groups in total. The predicted molar refractivity (Wildman–Crippen MR) is 94.7 cm³/mol. The molecule has 0 aliphatic heterocycles. The topological polar surface area (TPSA) is 73.2 Å². The van der Waals surface area contributed by atoms with Crippen molar-refractivity contribution in [1.29, 1.82) is 0 Å². The van der Waals surface area contributed by atoms with Gasteiger partial charge in [0.1, 0.15) is 17.1 Å². The molecule has 0 aliphatic rings. The maximum absolute atomic E-state index is 12.3. The van der Waals surface area contributed by atoms with Crippen molar-refractivity contribution < 1.29 is 9.53 Å². The van der Waals surface area contributed by atoms with Gasteiger partial charge in [-0.25, -0.2) is 4.98 Å². The van der Waals surface area contributed by atoms with Crippen molar-refractivity contribution in [2.45, 2.75) is 19.9 Å². The first-order valence-electron chi connectivity index (χ1n) is 7.63. The summed E-state index contributed by atoms with van der Waals surface area (Å²) in [6.07, 6.45) is 2.28. The van der Waals surface area contributed by atoms with E-state index < -0.39 is 0 Å². The minimum Gasteiger partial charge on any atom is -0.491 e. The fourth-order valence-corrected chi connectivity index (χ4v) is 2.98. The molecule has 1 amide bonds. The third-order valence-electron chi connectivity index (χ3n) is 3.39. The monoisotopic (exact) mass is 343 g/mol. The Hall–Kier alpha value is -2.67. The number of carbonyl (C=O) groups excluding carboxylic acids is 1. The highest BCUT2D eigenvalue weighted by Gasteiger charge is 2.11. The van der Waals surface area contributed by atoms with Gasteiger partial charge in [0.05, 0.1) is 24.0 Å². The van der Waals surface area contributed by atoms with Crippen molar-refractivity contribution in [2.24, 2.45) is 0 Å². The number of thiophene rings is 1. The largest absolute Gasteiger partial charge is 0.491 e. The Morgan fingerprint density at radius 2 is 2.17 bits per heavy atom. The molecule has 2 aromatic heterocycles. The highest BCUT2D eigenvalue weighted by molar-refractivity contribution is 7.16. The second kappa shape index (κ2) is 7.27. The number of hydrogen-bond acceptors (Lipinski definition) is 5. The van der Waals surface area contributed by atoms with E-state index in [0.29, 0.717) is 28.3 Å². The summed E-state index contributed by atoms with van der Waals surface area (Å²) in [5.41, 5.74) is 0.375. The van der Waals surface area contributed by atoms with E-state index in [1.165, 1.54) is 22.2 Å². The van der Waals surface area contributed by atoms with Crippen LogP contribution in [0, 0.1) is 0 Å². The van der Waals surface area contributed by atoms with Crippen LogP contribution in [-0.2, 0) is 11.3 Å². The van der Waals surface area contributed by atoms with Crippen LogP contribution >= 0.6 is 11.3 Å². The lowest BCUT2D eigenvalue weighted by molar-refractivity contribution is -0.116. The number of benzene rings is 1. The summed E-state index contributed by atoms with van der Waals surface area (Å²) in [6, 6.07) is 8.96. The summed E-state index contributed by atoms with van der Waals surface area (Å²) in [5.74, 6) is 0.312. The number of para-hydroxylation sites is 2. The number of rotatable bonds is 6. The van der Waals surface area contributed by atoms with Crippen LogP contribution in [0.3, 0.4) is 0 Å². The van der Waals surface area contributed by atoms with E-state index in [9.17, 15) is 9.59 Å². The van der Waals surface area contributed by atoms with E-state index in [2.05, 4.69) is 10.3 Å². The first kappa shape index (κ1) is 16.2. The standard InChI is InChI=1S/C17H17N3O3S/c1-2-8-23-14-6-4-3-5-13(14)19-15(21)10-20-11-18-16-12(17(20)22)7-9-24-16/h3-7,9,11H,2,8,10H2,1H3,(H,19,21). The lowest BCUT2D eigenvalue weighted by atomic mass is 10.3. The summed E-state index contributed by atoms with van der Waals surface area (Å²) in [7, 11) is 0. The lowest BCUT2D eigenvalue weighted by Gasteiger charge is -2.12. The number of hydrogen-bond donors (Lipinski definition) is 1. The number of aromatic nitrogens is 2. The molecular formula is C17H17N3O3S. The molecule has 1 aromatic carbocycles. The number of fused-ring (bicyclic) bond motifs is 1. The van der Waals surface area contributed by atoms with Gasteiger partial charge in [-0.15, -0.1) is 11.3 Å². The average molecular weight is 343 g/mol. The van der Waals surface area contributed by atoms with Gasteiger partial charge in [-0.2, -0.15) is 0 Å². The number of carbonyl (C=O) groups is 1. The smallest absolute Gasteiger partial charge is 0.262 e. The SMILES string of the molecule is CCCOc1ccccc1NC(=O)Cn1cnc2sccc2c1=O. The van der Waals surface area contributed by atoms with E-state index in [1.54, 1.807) is 18.2 Å². The van der Waals surface area contributed by atoms with Crippen LogP contribution in [0.1, 0.15) is 13.3 Å². The molecule has 3 rings (SSSR count). The van der Waals surface area contributed by atoms with Gasteiger partial charge >= 0.3 is 0 Å². The van der Waals surface area contributed by atoms with Gasteiger partial charge in [0.25, 0.3) is 5.56 Å². The summed E-state index contributed by atoms with van der Waals surface area (Å²) in [5, 5.41) is 5.13. The third kappa shape index (κ3) is 3.46. The van der Waals surface area contributed by atoms with Crippen molar-refractivity contribution >= 4 is 33.1 Å². The zero-order valence-corrected chi connectivity index (χ0v) is 14.0. The molecule has 124 valence electrons. The lowest BCUT2D eigenvalue weighted by Crippen LogP contribution is -2.27. The van der Waals surface area contributed by atoms with Gasteiger partial charge in [-0.1, -0.05) is 19.1 Å². The van der Waals surface area contributed by atoms with Crippen LogP contribution < -0.4 is 15.6 Å². The minimum absolute atomic E-state index is 0.0975. The maximum Gasteiger partial charge on any atom is 0.262 e. The minimum atomic E-state index is -0.305. The molecule has 0 spiro atoms. The molecule has 2 heterocycles. The number of nitrogens with one attached hydrogen (secondary N) is 1. The number of anilines is 1. The van der Waals surface area contributed by atoms with Crippen LogP contribution in [0.25, 0.3) is 10.2 Å². The second-order valence-electron chi connectivity index (χ2n) is 5.21. The van der Waals surface area contributed by atoms with E-state index in [-0.39, 0.29) is 18.0 Å². The van der Waals surface area contributed by atoms with Gasteiger partial charge in [0.2, 0.25) is 5.91 Å². The van der Waals surface area contributed by atoms with E-state index in [0.717, 1.165) is 6.42 Å². The molecule has 6 nitrogen and oxygen atoms in total. The van der Waals surface area contributed by atoms with Crippen molar-refractivity contribution in [3.63, 3.8) is 0 Å². The van der Waals surface area contributed by atoms with Crippen molar-refractivity contribution in [3.05, 3.63) is 52.4 Å². The number of ether oxygens (including phenoxy) is 1. The van der Waals surface area contributed by atoms with Crippen LogP contribution in [0.5, 0.6) is 5.75 Å². The molecule has 0 fully saturated rings. The van der Waals surface area contributed by atoms with Gasteiger partial charge in [0, 0.05) is 0 Å². The van der Waals surface area contributed by atoms with E-state index in [1.807, 2.05) is 24.4 Å². The fraction of sp³-hybridized carbons (Fsp3) is 0.235. The normalized spacial score (nSPS) is 10.7. The molecule has 3 aromatic rings. The Bertz CT molecular complexity index is 917. The van der Waals surface area contributed by atoms with Crippen LogP contribution in [0.15, 0.2) is 46.8 Å². The summed E-state index contributed by atoms with van der Waals surface area (Å²) < 4.78 is 6.92. The molecule has 0 saturated carbocycles. The highest BCUT2D eigenvalue weighted by Crippen LogP contribution is 2.23. The van der Waals surface area contributed by atoms with Crippen molar-refractivity contribution in [3.8, 4) is 5.75 Å². The molecular weight excluding hydrogens is 326 g/mol. The van der Waals surface area contributed by atoms with E-state index >= 15 is 0 Å². The van der Waals surface area contributed by atoms with Crippen LogP contribution in [0.4, 0.5) is 5.69 Å². The Labute approximate surface area is 142 Å². The Morgan fingerprint density at radius 1 is 1.33 bits per heavy atom. The maximum atomic E-state index is 12.3.